The van der Waals surface area contributed by atoms with Crippen molar-refractivity contribution >= 4 is 18.6 Å². The zero-order valence-corrected chi connectivity index (χ0v) is 6.42. The number of hydrogen-bond donors (Lipinski definition) is 1. The molecule has 0 bridgehead atoms. The third-order valence-corrected chi connectivity index (χ3v) is 1.51. The van der Waals surface area contributed by atoms with Gasteiger partial charge in [0.2, 0.25) is 0 Å². The Hall–Kier alpha value is -1.79. The van der Waals surface area contributed by atoms with Crippen molar-refractivity contribution in [2.24, 2.45) is 9.98 Å². The van der Waals surface area contributed by atoms with Gasteiger partial charge in [0.25, 0.3) is 5.95 Å². The van der Waals surface area contributed by atoms with E-state index in [1.54, 1.807) is 11.2 Å². The maximum absolute atomic E-state index is 4.05. The van der Waals surface area contributed by atoms with E-state index in [1.807, 2.05) is 6.92 Å². The minimum atomic E-state index is -0.0277. The van der Waals surface area contributed by atoms with Crippen LogP contribution in [0.15, 0.2) is 9.98 Å². The van der Waals surface area contributed by atoms with Crippen LogP contribution in [0.25, 0.3) is 0 Å². The molecule has 1 atom stereocenters. The fourth-order valence-corrected chi connectivity index (χ4v) is 0.890. The van der Waals surface area contributed by atoms with E-state index >= 15 is 0 Å². The van der Waals surface area contributed by atoms with Crippen LogP contribution < -0.4 is 4.90 Å². The molecule has 1 aromatic heterocycles. The summed E-state index contributed by atoms with van der Waals surface area (Å²) < 4.78 is 0. The van der Waals surface area contributed by atoms with Crippen LogP contribution >= 0.6 is 0 Å². The van der Waals surface area contributed by atoms with Gasteiger partial charge < -0.3 is 0 Å². The average molecular weight is 165 g/mol. The Morgan fingerprint density at radius 3 is 3.17 bits per heavy atom. The minimum Gasteiger partial charge on any atom is -0.275 e. The van der Waals surface area contributed by atoms with Crippen molar-refractivity contribution < 1.29 is 0 Å². The summed E-state index contributed by atoms with van der Waals surface area (Å²) in [5.74, 6) is 0.475. The fraction of sp³-hybridized carbons (Fsp3) is 0.400. The molecule has 2 heterocycles. The molecule has 0 aromatic carbocycles. The molecule has 0 spiro atoms. The average Bonchev–Trinajstić information content (AvgIpc) is 2.57. The lowest BCUT2D eigenvalue weighted by atomic mass is 10.5. The monoisotopic (exact) mass is 165 g/mol. The second-order valence-electron chi connectivity index (χ2n) is 2.28. The zero-order valence-electron chi connectivity index (χ0n) is 6.42. The zero-order chi connectivity index (χ0) is 8.39. The summed E-state index contributed by atoms with van der Waals surface area (Å²) in [4.78, 5) is 9.61. The van der Waals surface area contributed by atoms with E-state index in [2.05, 4.69) is 30.6 Å². The van der Waals surface area contributed by atoms with Gasteiger partial charge in [-0.3, -0.25) is 4.90 Å². The van der Waals surface area contributed by atoms with E-state index in [0.717, 1.165) is 0 Å². The number of hydrogen-bond acceptors (Lipinski definition) is 6. The van der Waals surface area contributed by atoms with E-state index in [0.29, 0.717) is 5.95 Å². The molecular formula is C5H7N7. The number of aromatic nitrogens is 4. The fourth-order valence-electron chi connectivity index (χ4n) is 0.890. The highest BCUT2D eigenvalue weighted by Gasteiger charge is 2.16. The molecular weight excluding hydrogens is 158 g/mol. The number of aromatic amines is 1. The predicted octanol–water partition coefficient (Wildman–Crippen LogP) is -0.578. The number of nitrogens with one attached hydrogen (secondary N) is 1. The van der Waals surface area contributed by atoms with Crippen LogP contribution in [0.2, 0.25) is 0 Å². The summed E-state index contributed by atoms with van der Waals surface area (Å²) in [6, 6.07) is 0. The van der Waals surface area contributed by atoms with Gasteiger partial charge in [0.05, 0.1) is 0 Å². The van der Waals surface area contributed by atoms with Crippen molar-refractivity contribution in [1.29, 1.82) is 0 Å². The molecule has 0 aliphatic carbocycles. The number of anilines is 1. The third-order valence-electron chi connectivity index (χ3n) is 1.51. The maximum atomic E-state index is 4.05. The lowest BCUT2D eigenvalue weighted by Crippen LogP contribution is -2.33. The van der Waals surface area contributed by atoms with Crippen LogP contribution in [0.5, 0.6) is 0 Å². The second kappa shape index (κ2) is 2.68. The van der Waals surface area contributed by atoms with Crippen molar-refractivity contribution in [2.45, 2.75) is 13.1 Å². The van der Waals surface area contributed by atoms with Gasteiger partial charge in [-0.1, -0.05) is 5.10 Å². The molecule has 1 aromatic rings. The Bertz CT molecular complexity index is 300. The predicted molar refractivity (Wildman–Crippen MR) is 43.1 cm³/mol. The van der Waals surface area contributed by atoms with Crippen LogP contribution in [-0.2, 0) is 0 Å². The van der Waals surface area contributed by atoms with Gasteiger partial charge in [-0.2, -0.15) is 5.21 Å². The van der Waals surface area contributed by atoms with Crippen molar-refractivity contribution in [3.8, 4) is 0 Å². The molecule has 0 amide bonds. The molecule has 1 unspecified atom stereocenters. The quantitative estimate of drug-likeness (QED) is 0.603. The van der Waals surface area contributed by atoms with Crippen molar-refractivity contribution in [2.75, 3.05) is 4.90 Å². The highest BCUT2D eigenvalue weighted by molar-refractivity contribution is 5.85. The van der Waals surface area contributed by atoms with Crippen LogP contribution in [0.3, 0.4) is 0 Å². The first-order valence-electron chi connectivity index (χ1n) is 3.44. The lowest BCUT2D eigenvalue weighted by molar-refractivity contribution is 0.752. The summed E-state index contributed by atoms with van der Waals surface area (Å²) in [6.45, 7) is 1.91. The largest absolute Gasteiger partial charge is 0.275 e. The summed E-state index contributed by atoms with van der Waals surface area (Å²) in [7, 11) is 0. The number of rotatable bonds is 1. The third kappa shape index (κ3) is 1.04. The van der Waals surface area contributed by atoms with Gasteiger partial charge in [-0.05, 0) is 12.1 Å². The highest BCUT2D eigenvalue weighted by Crippen LogP contribution is 2.08. The van der Waals surface area contributed by atoms with E-state index in [1.165, 1.54) is 6.34 Å². The minimum absolute atomic E-state index is 0.0277. The first-order chi connectivity index (χ1) is 5.88. The summed E-state index contributed by atoms with van der Waals surface area (Å²) in [6.07, 6.45) is 3.09. The van der Waals surface area contributed by atoms with Gasteiger partial charge in [-0.25, -0.2) is 9.98 Å². The Morgan fingerprint density at radius 2 is 2.50 bits per heavy atom. The van der Waals surface area contributed by atoms with E-state index in [4.69, 9.17) is 0 Å². The summed E-state index contributed by atoms with van der Waals surface area (Å²) >= 11 is 0. The summed E-state index contributed by atoms with van der Waals surface area (Å²) in [5.41, 5.74) is 0. The molecule has 0 fully saturated rings. The number of nitrogens with zero attached hydrogens (tertiary/aromatic N) is 6. The van der Waals surface area contributed by atoms with Crippen LogP contribution in [-0.4, -0.2) is 39.5 Å². The highest BCUT2D eigenvalue weighted by atomic mass is 15.5. The Morgan fingerprint density at radius 1 is 1.58 bits per heavy atom. The van der Waals surface area contributed by atoms with Gasteiger partial charge in [0.1, 0.15) is 18.8 Å². The van der Waals surface area contributed by atoms with Gasteiger partial charge in [0.15, 0.2) is 0 Å². The SMILES string of the molecule is CC1N=CN=CN1c1nn[nH]n1. The molecule has 1 aliphatic heterocycles. The van der Waals surface area contributed by atoms with Crippen molar-refractivity contribution in [1.82, 2.24) is 20.6 Å². The van der Waals surface area contributed by atoms with Crippen molar-refractivity contribution in [3.63, 3.8) is 0 Å². The van der Waals surface area contributed by atoms with Crippen LogP contribution in [0.1, 0.15) is 6.92 Å². The number of tetrazole rings is 1. The number of aliphatic imine (C=N–C) groups is 2. The molecule has 7 heteroatoms. The Kier molecular flexibility index (Phi) is 1.54. The van der Waals surface area contributed by atoms with E-state index < -0.39 is 0 Å². The lowest BCUT2D eigenvalue weighted by Gasteiger charge is -2.20. The second-order valence-corrected chi connectivity index (χ2v) is 2.28. The molecule has 2 rings (SSSR count). The normalized spacial score (nSPS) is 21.8. The van der Waals surface area contributed by atoms with E-state index in [9.17, 15) is 0 Å². The first-order valence-corrected chi connectivity index (χ1v) is 3.44. The van der Waals surface area contributed by atoms with Crippen LogP contribution in [0.4, 0.5) is 5.95 Å². The molecule has 7 nitrogen and oxygen atoms in total. The maximum Gasteiger partial charge on any atom is 0.272 e. The first kappa shape index (κ1) is 6.89. The molecule has 0 radical (unpaired) electrons. The Labute approximate surface area is 68.2 Å². The molecule has 12 heavy (non-hydrogen) atoms. The topological polar surface area (TPSA) is 82.4 Å². The molecule has 1 aliphatic rings. The van der Waals surface area contributed by atoms with Gasteiger partial charge in [-0.15, -0.1) is 5.10 Å². The van der Waals surface area contributed by atoms with Gasteiger partial charge >= 0.3 is 0 Å². The van der Waals surface area contributed by atoms with E-state index in [-0.39, 0.29) is 6.17 Å². The van der Waals surface area contributed by atoms with Crippen LogP contribution in [0, 0.1) is 0 Å². The van der Waals surface area contributed by atoms with Crippen molar-refractivity contribution in [3.05, 3.63) is 0 Å². The molecule has 0 saturated heterocycles. The molecule has 1 N–H and O–H groups in total. The smallest absolute Gasteiger partial charge is 0.272 e. The Balaban J connectivity index is 2.25. The number of H-pyrrole nitrogens is 1. The van der Waals surface area contributed by atoms with Gasteiger partial charge in [0, 0.05) is 0 Å². The molecule has 62 valence electrons. The molecule has 0 saturated carbocycles. The summed E-state index contributed by atoms with van der Waals surface area (Å²) in [5, 5.41) is 13.4. The standard InChI is InChI=1S/C5H7N7/c1-4-7-2-6-3-12(4)5-8-10-11-9-5/h2-4H,1H3,(H,8,9,10,11).